The third kappa shape index (κ3) is 4.88. The van der Waals surface area contributed by atoms with Crippen molar-refractivity contribution in [1.29, 1.82) is 0 Å². The van der Waals surface area contributed by atoms with Crippen LogP contribution >= 0.6 is 0 Å². The third-order valence-corrected chi connectivity index (χ3v) is 9.70. The molecule has 8 aromatic carbocycles. The number of hydrogen-bond acceptors (Lipinski definition) is 4. The molecular formula is C47H30N2O2. The molecule has 51 heavy (non-hydrogen) atoms. The summed E-state index contributed by atoms with van der Waals surface area (Å²) in [7, 11) is 0. The monoisotopic (exact) mass is 654 g/mol. The molecule has 10 rings (SSSR count). The minimum absolute atomic E-state index is 0.574. The SMILES string of the molecule is c1ccc(-c2nc3c(cc(N(c4ccc(-c5cccc6ccccc56)cc4)c4ccccc4-c4ccccc4)c4oc5ccccc5c43)o2)cc1. The summed E-state index contributed by atoms with van der Waals surface area (Å²) in [4.78, 5) is 7.37. The van der Waals surface area contributed by atoms with Gasteiger partial charge in [0.1, 0.15) is 11.1 Å². The van der Waals surface area contributed by atoms with E-state index in [-0.39, 0.29) is 0 Å². The van der Waals surface area contributed by atoms with Crippen molar-refractivity contribution in [2.75, 3.05) is 4.90 Å². The van der Waals surface area contributed by atoms with Crippen molar-refractivity contribution >= 4 is 60.9 Å². The molecule has 0 aliphatic heterocycles. The van der Waals surface area contributed by atoms with E-state index in [1.54, 1.807) is 0 Å². The maximum absolute atomic E-state index is 6.79. The quantitative estimate of drug-likeness (QED) is 0.179. The van der Waals surface area contributed by atoms with Crippen LogP contribution in [-0.2, 0) is 0 Å². The maximum Gasteiger partial charge on any atom is 0.227 e. The zero-order valence-corrected chi connectivity index (χ0v) is 27.5. The van der Waals surface area contributed by atoms with E-state index in [2.05, 4.69) is 138 Å². The summed E-state index contributed by atoms with van der Waals surface area (Å²) in [5.41, 5.74) is 11.4. The predicted octanol–water partition coefficient (Wildman–Crippen LogP) is 13.4. The average Bonchev–Trinajstić information content (AvgIpc) is 3.81. The van der Waals surface area contributed by atoms with Gasteiger partial charge in [-0.1, -0.05) is 140 Å². The molecule has 2 aromatic heterocycles. The standard InChI is InChI=1S/C47H30N2O2/c1-3-14-32(15-4-1)38-21-9-11-24-40(38)49(35-28-26-33(27-29-35)37-23-13-19-31-16-7-8-20-36(31)37)41-30-43-45(48-47(51-43)34-17-5-2-6-18-34)44-39-22-10-12-25-42(39)50-46(41)44/h1-30H. The van der Waals surface area contributed by atoms with Gasteiger partial charge in [0.05, 0.1) is 16.8 Å². The Kier molecular flexibility index (Phi) is 6.78. The van der Waals surface area contributed by atoms with Crippen molar-refractivity contribution in [2.45, 2.75) is 0 Å². The van der Waals surface area contributed by atoms with Crippen molar-refractivity contribution in [3.63, 3.8) is 0 Å². The maximum atomic E-state index is 6.79. The number of furan rings is 1. The number of nitrogens with zero attached hydrogens (tertiary/aromatic N) is 2. The third-order valence-electron chi connectivity index (χ3n) is 9.70. The van der Waals surface area contributed by atoms with E-state index in [0.29, 0.717) is 11.5 Å². The fourth-order valence-corrected chi connectivity index (χ4v) is 7.34. The summed E-state index contributed by atoms with van der Waals surface area (Å²) in [6.07, 6.45) is 0. The fourth-order valence-electron chi connectivity index (χ4n) is 7.34. The molecule has 0 aliphatic carbocycles. The second-order valence-corrected chi connectivity index (χ2v) is 12.7. The van der Waals surface area contributed by atoms with Crippen LogP contribution in [0.3, 0.4) is 0 Å². The Bertz CT molecular complexity index is 2850. The number of fused-ring (bicyclic) bond motifs is 6. The highest BCUT2D eigenvalue weighted by molar-refractivity contribution is 6.21. The summed E-state index contributed by atoms with van der Waals surface area (Å²) in [6.45, 7) is 0. The van der Waals surface area contributed by atoms with Gasteiger partial charge in [0.25, 0.3) is 0 Å². The van der Waals surface area contributed by atoms with Gasteiger partial charge in [-0.25, -0.2) is 4.98 Å². The highest BCUT2D eigenvalue weighted by Gasteiger charge is 2.26. The van der Waals surface area contributed by atoms with Crippen molar-refractivity contribution in [3.05, 3.63) is 182 Å². The second kappa shape index (κ2) is 11.9. The van der Waals surface area contributed by atoms with Gasteiger partial charge in [-0.3, -0.25) is 0 Å². The Balaban J connectivity index is 1.25. The Morgan fingerprint density at radius 1 is 0.431 bits per heavy atom. The minimum atomic E-state index is 0.574. The van der Waals surface area contributed by atoms with Crippen molar-refractivity contribution in [2.24, 2.45) is 0 Å². The largest absolute Gasteiger partial charge is 0.454 e. The molecule has 4 nitrogen and oxygen atoms in total. The van der Waals surface area contributed by atoms with Gasteiger partial charge < -0.3 is 13.7 Å². The molecule has 0 radical (unpaired) electrons. The first-order chi connectivity index (χ1) is 25.3. The van der Waals surface area contributed by atoms with Crippen LogP contribution in [0.25, 0.3) is 77.5 Å². The number of para-hydroxylation sites is 2. The highest BCUT2D eigenvalue weighted by Crippen LogP contribution is 2.48. The summed E-state index contributed by atoms with van der Waals surface area (Å²) >= 11 is 0. The number of anilines is 3. The van der Waals surface area contributed by atoms with Crippen LogP contribution in [0.15, 0.2) is 191 Å². The molecule has 0 spiro atoms. The molecule has 0 saturated heterocycles. The van der Waals surface area contributed by atoms with Crippen LogP contribution in [0, 0.1) is 0 Å². The van der Waals surface area contributed by atoms with E-state index in [4.69, 9.17) is 13.8 Å². The Hall–Kier alpha value is -6.91. The molecule has 0 amide bonds. The highest BCUT2D eigenvalue weighted by atomic mass is 16.4. The smallest absolute Gasteiger partial charge is 0.227 e. The van der Waals surface area contributed by atoms with E-state index in [9.17, 15) is 0 Å². The molecule has 0 aliphatic rings. The molecular weight excluding hydrogens is 625 g/mol. The van der Waals surface area contributed by atoms with Gasteiger partial charge in [0.2, 0.25) is 5.89 Å². The lowest BCUT2D eigenvalue weighted by Gasteiger charge is -2.28. The number of oxazole rings is 1. The average molecular weight is 655 g/mol. The van der Waals surface area contributed by atoms with E-state index in [1.807, 2.05) is 48.5 Å². The molecule has 0 saturated carbocycles. The molecule has 4 heteroatoms. The Morgan fingerprint density at radius 3 is 1.88 bits per heavy atom. The molecule has 0 N–H and O–H groups in total. The van der Waals surface area contributed by atoms with E-state index < -0.39 is 0 Å². The first-order valence-electron chi connectivity index (χ1n) is 17.1. The molecule has 0 unspecified atom stereocenters. The first-order valence-corrected chi connectivity index (χ1v) is 17.1. The molecule has 10 aromatic rings. The van der Waals surface area contributed by atoms with Crippen LogP contribution in [-0.4, -0.2) is 4.98 Å². The zero-order chi connectivity index (χ0) is 33.7. The molecule has 2 heterocycles. The number of rotatable bonds is 6. The Labute approximate surface area is 294 Å². The number of benzene rings is 8. The van der Waals surface area contributed by atoms with E-state index >= 15 is 0 Å². The molecule has 0 atom stereocenters. The molecule has 0 bridgehead atoms. The lowest BCUT2D eigenvalue weighted by molar-refractivity contribution is 0.619. The normalized spacial score (nSPS) is 11.5. The van der Waals surface area contributed by atoms with Gasteiger partial charge in [-0.05, 0) is 63.9 Å². The van der Waals surface area contributed by atoms with Gasteiger partial charge in [0.15, 0.2) is 11.2 Å². The summed E-state index contributed by atoms with van der Waals surface area (Å²) in [6, 6.07) is 63.2. The van der Waals surface area contributed by atoms with E-state index in [1.165, 1.54) is 16.3 Å². The van der Waals surface area contributed by atoms with Crippen molar-refractivity contribution in [1.82, 2.24) is 4.98 Å². The van der Waals surface area contributed by atoms with Crippen LogP contribution in [0.2, 0.25) is 0 Å². The topological polar surface area (TPSA) is 42.4 Å². The van der Waals surface area contributed by atoms with Crippen molar-refractivity contribution < 1.29 is 8.83 Å². The second-order valence-electron chi connectivity index (χ2n) is 12.7. The molecule has 0 fully saturated rings. The molecule has 240 valence electrons. The van der Waals surface area contributed by atoms with Gasteiger partial charge in [-0.15, -0.1) is 0 Å². The lowest BCUT2D eigenvalue weighted by atomic mass is 9.97. The lowest BCUT2D eigenvalue weighted by Crippen LogP contribution is -2.11. The van der Waals surface area contributed by atoms with Crippen molar-refractivity contribution in [3.8, 4) is 33.7 Å². The van der Waals surface area contributed by atoms with Crippen LogP contribution < -0.4 is 4.90 Å². The number of hydrogen-bond donors (Lipinski definition) is 0. The van der Waals surface area contributed by atoms with Gasteiger partial charge in [-0.2, -0.15) is 0 Å². The van der Waals surface area contributed by atoms with Gasteiger partial charge >= 0.3 is 0 Å². The minimum Gasteiger partial charge on any atom is -0.454 e. The Morgan fingerprint density at radius 2 is 1.06 bits per heavy atom. The predicted molar refractivity (Wildman–Crippen MR) is 210 cm³/mol. The van der Waals surface area contributed by atoms with E-state index in [0.717, 1.165) is 66.8 Å². The summed E-state index contributed by atoms with van der Waals surface area (Å²) in [5.74, 6) is 0.574. The zero-order valence-electron chi connectivity index (χ0n) is 27.5. The van der Waals surface area contributed by atoms with Crippen LogP contribution in [0.1, 0.15) is 0 Å². The van der Waals surface area contributed by atoms with Crippen LogP contribution in [0.5, 0.6) is 0 Å². The summed E-state index contributed by atoms with van der Waals surface area (Å²) in [5, 5.41) is 4.38. The number of aromatic nitrogens is 1. The van der Waals surface area contributed by atoms with Crippen LogP contribution in [0.4, 0.5) is 17.1 Å². The fraction of sp³-hybridized carbons (Fsp3) is 0. The summed E-state index contributed by atoms with van der Waals surface area (Å²) < 4.78 is 13.4. The van der Waals surface area contributed by atoms with Gasteiger partial charge in [0, 0.05) is 28.3 Å². The first kappa shape index (κ1) is 29.0.